The summed E-state index contributed by atoms with van der Waals surface area (Å²) >= 11 is 1.27. The summed E-state index contributed by atoms with van der Waals surface area (Å²) in [5.41, 5.74) is 2.19. The molecule has 3 rings (SSSR count). The van der Waals surface area contributed by atoms with E-state index in [1.165, 1.54) is 16.9 Å². The van der Waals surface area contributed by atoms with E-state index in [1.807, 2.05) is 19.1 Å². The first-order valence-corrected chi connectivity index (χ1v) is 10.9. The minimum atomic E-state index is -0.331. The molecule has 1 aromatic carbocycles. The third-order valence-corrected chi connectivity index (χ3v) is 6.17. The molecule has 1 amide bonds. The summed E-state index contributed by atoms with van der Waals surface area (Å²) in [6.07, 6.45) is 1.06. The van der Waals surface area contributed by atoms with Crippen LogP contribution in [0.25, 0.3) is 0 Å². The van der Waals surface area contributed by atoms with Gasteiger partial charge in [-0.15, -0.1) is 11.3 Å². The summed E-state index contributed by atoms with van der Waals surface area (Å²) in [6.45, 7) is 9.14. The minimum absolute atomic E-state index is 0.0422. The molecule has 0 aliphatic carbocycles. The van der Waals surface area contributed by atoms with Gasteiger partial charge < -0.3 is 15.0 Å². The second-order valence-electron chi connectivity index (χ2n) is 7.24. The Bertz CT molecular complexity index is 814. The van der Waals surface area contributed by atoms with Crippen LogP contribution in [0, 0.1) is 6.92 Å². The van der Waals surface area contributed by atoms with Gasteiger partial charge in [0.2, 0.25) is 5.91 Å². The van der Waals surface area contributed by atoms with Crippen LogP contribution in [0.5, 0.6) is 0 Å². The maximum Gasteiger partial charge on any atom is 0.348 e. The van der Waals surface area contributed by atoms with Crippen molar-refractivity contribution in [2.24, 2.45) is 0 Å². The molecular weight excluding hydrogens is 386 g/mol. The number of benzene rings is 1. The highest BCUT2D eigenvalue weighted by atomic mass is 32.1. The summed E-state index contributed by atoms with van der Waals surface area (Å²) < 4.78 is 5.05. The summed E-state index contributed by atoms with van der Waals surface area (Å²) in [6, 6.07) is 12.4. The molecule has 7 heteroatoms. The average Bonchev–Trinajstić information content (AvgIpc) is 3.08. The van der Waals surface area contributed by atoms with E-state index in [-0.39, 0.29) is 11.9 Å². The van der Waals surface area contributed by atoms with Gasteiger partial charge in [0, 0.05) is 32.7 Å². The van der Waals surface area contributed by atoms with Crippen LogP contribution in [0.3, 0.4) is 0 Å². The number of ether oxygens (including phenoxy) is 1. The molecule has 1 aliphatic rings. The highest BCUT2D eigenvalue weighted by Crippen LogP contribution is 2.27. The Kier molecular flexibility index (Phi) is 7.80. The van der Waals surface area contributed by atoms with Crippen molar-refractivity contribution in [2.75, 3.05) is 51.2 Å². The first kappa shape index (κ1) is 21.5. The Balaban J connectivity index is 1.41. The number of amides is 1. The van der Waals surface area contributed by atoms with Gasteiger partial charge in [-0.3, -0.25) is 9.69 Å². The third kappa shape index (κ3) is 6.39. The first-order valence-electron chi connectivity index (χ1n) is 10.1. The molecule has 0 unspecified atom stereocenters. The lowest BCUT2D eigenvalue weighted by Crippen LogP contribution is -2.49. The fraction of sp³-hybridized carbons (Fsp3) is 0.455. The fourth-order valence-corrected chi connectivity index (χ4v) is 4.41. The lowest BCUT2D eigenvalue weighted by molar-refractivity contribution is -0.117. The standard InChI is InChI=1S/C22H29N3O3S/c1-3-28-22(27)21-17(2)15-20(29-21)23-19(26)16-25-13-11-24(12-14-25)10-9-18-7-5-4-6-8-18/h4-8,15H,3,9-14,16H2,1-2H3,(H,23,26). The number of rotatable bonds is 8. The Morgan fingerprint density at radius 1 is 1.10 bits per heavy atom. The van der Waals surface area contributed by atoms with Crippen molar-refractivity contribution < 1.29 is 14.3 Å². The van der Waals surface area contributed by atoms with E-state index in [0.29, 0.717) is 23.0 Å². The van der Waals surface area contributed by atoms with Crippen LogP contribution in [-0.2, 0) is 16.0 Å². The highest BCUT2D eigenvalue weighted by molar-refractivity contribution is 7.18. The molecule has 2 aromatic rings. The summed E-state index contributed by atoms with van der Waals surface area (Å²) in [5.74, 6) is -0.374. The maximum absolute atomic E-state index is 12.4. The predicted octanol–water partition coefficient (Wildman–Crippen LogP) is 3.03. The number of carbonyl (C=O) groups is 2. The van der Waals surface area contributed by atoms with Gasteiger partial charge in [-0.1, -0.05) is 30.3 Å². The number of piperazine rings is 1. The first-order chi connectivity index (χ1) is 14.0. The van der Waals surface area contributed by atoms with Gasteiger partial charge in [-0.05, 0) is 37.5 Å². The second-order valence-corrected chi connectivity index (χ2v) is 8.30. The molecule has 29 heavy (non-hydrogen) atoms. The zero-order chi connectivity index (χ0) is 20.6. The van der Waals surface area contributed by atoms with E-state index in [0.717, 1.165) is 44.7 Å². The smallest absolute Gasteiger partial charge is 0.348 e. The largest absolute Gasteiger partial charge is 0.462 e. The van der Waals surface area contributed by atoms with Gasteiger partial charge in [0.1, 0.15) is 4.88 Å². The van der Waals surface area contributed by atoms with Gasteiger partial charge in [0.25, 0.3) is 0 Å². The zero-order valence-corrected chi connectivity index (χ0v) is 18.0. The van der Waals surface area contributed by atoms with Gasteiger partial charge in [0.05, 0.1) is 18.2 Å². The Morgan fingerprint density at radius 2 is 1.79 bits per heavy atom. The van der Waals surface area contributed by atoms with Gasteiger partial charge in [-0.25, -0.2) is 4.79 Å². The van der Waals surface area contributed by atoms with Crippen molar-refractivity contribution in [2.45, 2.75) is 20.3 Å². The number of nitrogens with one attached hydrogen (secondary N) is 1. The van der Waals surface area contributed by atoms with Crippen LogP contribution in [0.4, 0.5) is 5.00 Å². The van der Waals surface area contributed by atoms with Crippen molar-refractivity contribution in [3.05, 3.63) is 52.4 Å². The summed E-state index contributed by atoms with van der Waals surface area (Å²) in [5, 5.41) is 3.61. The van der Waals surface area contributed by atoms with Crippen molar-refractivity contribution in [1.82, 2.24) is 9.80 Å². The fourth-order valence-electron chi connectivity index (χ4n) is 3.43. The van der Waals surface area contributed by atoms with E-state index in [1.54, 1.807) is 6.92 Å². The van der Waals surface area contributed by atoms with Crippen LogP contribution in [0.15, 0.2) is 36.4 Å². The maximum atomic E-state index is 12.4. The SMILES string of the molecule is CCOC(=O)c1sc(NC(=O)CN2CCN(CCc3ccccc3)CC2)cc1C. The summed E-state index contributed by atoms with van der Waals surface area (Å²) in [7, 11) is 0. The number of esters is 1. The van der Waals surface area contributed by atoms with E-state index in [9.17, 15) is 9.59 Å². The van der Waals surface area contributed by atoms with E-state index < -0.39 is 0 Å². The van der Waals surface area contributed by atoms with Crippen LogP contribution in [0.2, 0.25) is 0 Å². The molecule has 6 nitrogen and oxygen atoms in total. The topological polar surface area (TPSA) is 61.9 Å². The highest BCUT2D eigenvalue weighted by Gasteiger charge is 2.20. The number of thiophene rings is 1. The average molecular weight is 416 g/mol. The Morgan fingerprint density at radius 3 is 2.48 bits per heavy atom. The lowest BCUT2D eigenvalue weighted by Gasteiger charge is -2.34. The summed E-state index contributed by atoms with van der Waals surface area (Å²) in [4.78, 5) is 29.5. The van der Waals surface area contributed by atoms with Crippen molar-refractivity contribution in [1.29, 1.82) is 0 Å². The van der Waals surface area contributed by atoms with E-state index in [2.05, 4.69) is 39.4 Å². The van der Waals surface area contributed by atoms with Crippen molar-refractivity contribution in [3.63, 3.8) is 0 Å². The van der Waals surface area contributed by atoms with E-state index in [4.69, 9.17) is 4.74 Å². The molecule has 0 atom stereocenters. The molecule has 1 aliphatic heterocycles. The van der Waals surface area contributed by atoms with Gasteiger partial charge in [0.15, 0.2) is 0 Å². The van der Waals surface area contributed by atoms with Gasteiger partial charge >= 0.3 is 5.97 Å². The number of hydrogen-bond donors (Lipinski definition) is 1. The number of hydrogen-bond acceptors (Lipinski definition) is 6. The van der Waals surface area contributed by atoms with Crippen molar-refractivity contribution in [3.8, 4) is 0 Å². The number of anilines is 1. The molecular formula is C22H29N3O3S. The predicted molar refractivity (Wildman–Crippen MR) is 117 cm³/mol. The minimum Gasteiger partial charge on any atom is -0.462 e. The molecule has 156 valence electrons. The Labute approximate surface area is 176 Å². The number of aryl methyl sites for hydroxylation is 1. The van der Waals surface area contributed by atoms with Crippen LogP contribution in [-0.4, -0.2) is 67.6 Å². The quantitative estimate of drug-likeness (QED) is 0.672. The molecule has 1 aromatic heterocycles. The lowest BCUT2D eigenvalue weighted by atomic mass is 10.1. The molecule has 1 fully saturated rings. The zero-order valence-electron chi connectivity index (χ0n) is 17.1. The molecule has 0 radical (unpaired) electrons. The van der Waals surface area contributed by atoms with Crippen molar-refractivity contribution >= 4 is 28.2 Å². The van der Waals surface area contributed by atoms with Crippen LogP contribution in [0.1, 0.15) is 27.7 Å². The van der Waals surface area contributed by atoms with Gasteiger partial charge in [-0.2, -0.15) is 0 Å². The number of carbonyl (C=O) groups excluding carboxylic acids is 2. The van der Waals surface area contributed by atoms with E-state index >= 15 is 0 Å². The molecule has 1 N–H and O–H groups in total. The molecule has 0 saturated carbocycles. The molecule has 0 bridgehead atoms. The normalized spacial score (nSPS) is 15.2. The van der Waals surface area contributed by atoms with Crippen LogP contribution >= 0.6 is 11.3 Å². The molecule has 1 saturated heterocycles. The monoisotopic (exact) mass is 415 g/mol. The molecule has 2 heterocycles. The molecule has 0 spiro atoms. The second kappa shape index (κ2) is 10.5. The number of nitrogens with zero attached hydrogens (tertiary/aromatic N) is 2. The Hall–Kier alpha value is -2.22. The van der Waals surface area contributed by atoms with Crippen LogP contribution < -0.4 is 5.32 Å². The third-order valence-electron chi connectivity index (χ3n) is 5.03.